The maximum absolute atomic E-state index is 11.0. The summed E-state index contributed by atoms with van der Waals surface area (Å²) in [4.78, 5) is 15.7. The summed E-state index contributed by atoms with van der Waals surface area (Å²) >= 11 is 0. The van der Waals surface area contributed by atoms with Crippen LogP contribution in [-0.4, -0.2) is 49.2 Å². The number of nitro groups is 1. The number of piperidine rings is 1. The van der Waals surface area contributed by atoms with Crippen molar-refractivity contribution < 1.29 is 9.66 Å². The first-order valence-corrected chi connectivity index (χ1v) is 8.49. The van der Waals surface area contributed by atoms with Gasteiger partial charge in [0.25, 0.3) is 0 Å². The summed E-state index contributed by atoms with van der Waals surface area (Å²) in [6.07, 6.45) is 4.04. The molecule has 0 amide bonds. The second-order valence-electron chi connectivity index (χ2n) is 7.00. The molecule has 0 radical (unpaired) electrons. The van der Waals surface area contributed by atoms with Crippen LogP contribution in [0.5, 0.6) is 5.75 Å². The molecule has 3 aliphatic rings. The van der Waals surface area contributed by atoms with E-state index in [9.17, 15) is 10.1 Å². The fraction of sp³-hybridized carbons (Fsp3) is 0.647. The van der Waals surface area contributed by atoms with Crippen LogP contribution in [0.1, 0.15) is 19.3 Å². The molecular weight excluding hydrogens is 294 g/mol. The minimum Gasteiger partial charge on any atom is -0.490 e. The van der Waals surface area contributed by atoms with Crippen LogP contribution in [0, 0.1) is 22.0 Å². The van der Waals surface area contributed by atoms with Crippen LogP contribution in [0.25, 0.3) is 0 Å². The standard InChI is InChI=1S/C17H23N3O3/c1-23-17-8-13(5-6-16(17)20(21)22)19-10-12-9-18-7-3-2-4-15(18)14(12)11-19/h5-6,8,12,14-15H,2-4,7,9-11H2,1H3/t12-,14+,15+/m0/s1. The number of rotatable bonds is 3. The molecule has 3 atom stereocenters. The summed E-state index contributed by atoms with van der Waals surface area (Å²) in [6.45, 7) is 4.60. The molecule has 0 unspecified atom stereocenters. The molecule has 0 saturated carbocycles. The number of fused-ring (bicyclic) bond motifs is 3. The van der Waals surface area contributed by atoms with Gasteiger partial charge in [-0.1, -0.05) is 6.42 Å². The Bertz CT molecular complexity index is 621. The highest BCUT2D eigenvalue weighted by Crippen LogP contribution is 2.42. The van der Waals surface area contributed by atoms with Gasteiger partial charge in [0.2, 0.25) is 0 Å². The van der Waals surface area contributed by atoms with Crippen LogP contribution < -0.4 is 9.64 Å². The van der Waals surface area contributed by atoms with E-state index in [2.05, 4.69) is 9.80 Å². The van der Waals surface area contributed by atoms with Crippen molar-refractivity contribution in [3.8, 4) is 5.75 Å². The molecule has 6 nitrogen and oxygen atoms in total. The molecule has 3 saturated heterocycles. The highest BCUT2D eigenvalue weighted by atomic mass is 16.6. The number of ether oxygens (including phenoxy) is 1. The first kappa shape index (κ1) is 14.8. The molecule has 0 bridgehead atoms. The number of hydrogen-bond acceptors (Lipinski definition) is 5. The van der Waals surface area contributed by atoms with Crippen LogP contribution >= 0.6 is 0 Å². The van der Waals surface area contributed by atoms with Crippen LogP contribution in [0.3, 0.4) is 0 Å². The Morgan fingerprint density at radius 3 is 2.91 bits per heavy atom. The second kappa shape index (κ2) is 5.67. The fourth-order valence-electron chi connectivity index (χ4n) is 4.78. The van der Waals surface area contributed by atoms with Crippen molar-refractivity contribution in [3.63, 3.8) is 0 Å². The SMILES string of the molecule is COc1cc(N2C[C@@H]3CN4CCCC[C@@H]4[C@@H]3C2)ccc1[N+](=O)[O-]. The third-order valence-corrected chi connectivity index (χ3v) is 5.84. The Labute approximate surface area is 136 Å². The molecular formula is C17H23N3O3. The molecule has 23 heavy (non-hydrogen) atoms. The third kappa shape index (κ3) is 2.45. The molecule has 1 aromatic rings. The van der Waals surface area contributed by atoms with Crippen LogP contribution in [0.4, 0.5) is 11.4 Å². The quantitative estimate of drug-likeness (QED) is 0.633. The van der Waals surface area contributed by atoms with Crippen LogP contribution in [-0.2, 0) is 0 Å². The van der Waals surface area contributed by atoms with Gasteiger partial charge in [0.15, 0.2) is 5.75 Å². The maximum Gasteiger partial charge on any atom is 0.311 e. The first-order valence-electron chi connectivity index (χ1n) is 8.49. The number of hydrogen-bond donors (Lipinski definition) is 0. The van der Waals surface area contributed by atoms with Gasteiger partial charge in [-0.05, 0) is 37.3 Å². The summed E-state index contributed by atoms with van der Waals surface area (Å²) in [5.41, 5.74) is 1.08. The van der Waals surface area contributed by atoms with E-state index in [0.29, 0.717) is 5.75 Å². The van der Waals surface area contributed by atoms with Gasteiger partial charge in [-0.2, -0.15) is 0 Å². The van der Waals surface area contributed by atoms with E-state index in [4.69, 9.17) is 4.74 Å². The van der Waals surface area contributed by atoms with Gasteiger partial charge in [0.05, 0.1) is 12.0 Å². The zero-order valence-corrected chi connectivity index (χ0v) is 13.5. The molecule has 0 N–H and O–H groups in total. The summed E-state index contributed by atoms with van der Waals surface area (Å²) in [7, 11) is 1.49. The Hall–Kier alpha value is -1.82. The monoisotopic (exact) mass is 317 g/mol. The van der Waals surface area contributed by atoms with Crippen molar-refractivity contribution in [1.29, 1.82) is 0 Å². The third-order valence-electron chi connectivity index (χ3n) is 5.84. The Morgan fingerprint density at radius 2 is 2.13 bits per heavy atom. The molecule has 0 spiro atoms. The van der Waals surface area contributed by atoms with Crippen molar-refractivity contribution in [2.45, 2.75) is 25.3 Å². The van der Waals surface area contributed by atoms with Crippen molar-refractivity contribution in [1.82, 2.24) is 4.90 Å². The Balaban J connectivity index is 1.53. The van der Waals surface area contributed by atoms with E-state index in [1.54, 1.807) is 6.07 Å². The van der Waals surface area contributed by atoms with E-state index in [-0.39, 0.29) is 10.6 Å². The zero-order chi connectivity index (χ0) is 16.0. The molecule has 6 heteroatoms. The summed E-state index contributed by atoms with van der Waals surface area (Å²) in [5, 5.41) is 11.0. The van der Waals surface area contributed by atoms with E-state index in [0.717, 1.165) is 36.7 Å². The van der Waals surface area contributed by atoms with Gasteiger partial charge in [-0.15, -0.1) is 0 Å². The minimum absolute atomic E-state index is 0.0362. The molecule has 3 fully saturated rings. The van der Waals surface area contributed by atoms with Crippen molar-refractivity contribution in [2.75, 3.05) is 38.2 Å². The normalized spacial score (nSPS) is 30.1. The van der Waals surface area contributed by atoms with Crippen LogP contribution in [0.15, 0.2) is 18.2 Å². The number of benzene rings is 1. The molecule has 124 valence electrons. The Kier molecular flexibility index (Phi) is 3.64. The van der Waals surface area contributed by atoms with E-state index in [1.165, 1.54) is 39.5 Å². The lowest BCUT2D eigenvalue weighted by molar-refractivity contribution is -0.385. The van der Waals surface area contributed by atoms with Gasteiger partial charge in [0, 0.05) is 43.5 Å². The fourth-order valence-corrected chi connectivity index (χ4v) is 4.78. The molecule has 0 aromatic heterocycles. The number of anilines is 1. The average Bonchev–Trinajstić information content (AvgIpc) is 3.11. The minimum atomic E-state index is -0.388. The first-order chi connectivity index (χ1) is 11.2. The predicted molar refractivity (Wildman–Crippen MR) is 88.1 cm³/mol. The summed E-state index contributed by atoms with van der Waals surface area (Å²) in [5.74, 6) is 1.83. The van der Waals surface area contributed by atoms with Gasteiger partial charge >= 0.3 is 5.69 Å². The molecule has 1 aromatic carbocycles. The Morgan fingerprint density at radius 1 is 1.26 bits per heavy atom. The van der Waals surface area contributed by atoms with Crippen LogP contribution in [0.2, 0.25) is 0 Å². The van der Waals surface area contributed by atoms with Gasteiger partial charge in [0.1, 0.15) is 0 Å². The van der Waals surface area contributed by atoms with Gasteiger partial charge < -0.3 is 9.64 Å². The number of methoxy groups -OCH3 is 1. The number of nitro benzene ring substituents is 1. The molecule has 0 aliphatic carbocycles. The number of nitrogens with zero attached hydrogens (tertiary/aromatic N) is 3. The lowest BCUT2D eigenvalue weighted by Gasteiger charge is -2.33. The van der Waals surface area contributed by atoms with E-state index >= 15 is 0 Å². The largest absolute Gasteiger partial charge is 0.490 e. The lowest BCUT2D eigenvalue weighted by atomic mass is 9.90. The topological polar surface area (TPSA) is 58.8 Å². The smallest absolute Gasteiger partial charge is 0.311 e. The molecule has 3 aliphatic heterocycles. The zero-order valence-electron chi connectivity index (χ0n) is 13.5. The lowest BCUT2D eigenvalue weighted by Crippen LogP contribution is -2.39. The molecule has 3 heterocycles. The van der Waals surface area contributed by atoms with E-state index in [1.807, 2.05) is 12.1 Å². The predicted octanol–water partition coefficient (Wildman–Crippen LogP) is 2.52. The van der Waals surface area contributed by atoms with Gasteiger partial charge in [-0.3, -0.25) is 15.0 Å². The highest BCUT2D eigenvalue weighted by Gasteiger charge is 2.47. The summed E-state index contributed by atoms with van der Waals surface area (Å²) in [6, 6.07) is 5.99. The van der Waals surface area contributed by atoms with E-state index < -0.39 is 0 Å². The van der Waals surface area contributed by atoms with Crippen molar-refractivity contribution in [3.05, 3.63) is 28.3 Å². The van der Waals surface area contributed by atoms with Crippen molar-refractivity contribution in [2.24, 2.45) is 11.8 Å². The maximum atomic E-state index is 11.0. The summed E-state index contributed by atoms with van der Waals surface area (Å²) < 4.78 is 5.21. The average molecular weight is 317 g/mol. The van der Waals surface area contributed by atoms with Gasteiger partial charge in [-0.25, -0.2) is 0 Å². The highest BCUT2D eigenvalue weighted by molar-refractivity contribution is 5.60. The van der Waals surface area contributed by atoms with Crippen molar-refractivity contribution >= 4 is 11.4 Å². The second-order valence-corrected chi connectivity index (χ2v) is 7.00. The molecule has 4 rings (SSSR count).